The molecule has 1 heterocycles. The van der Waals surface area contributed by atoms with Crippen molar-refractivity contribution in [1.82, 2.24) is 4.98 Å². The number of pyridine rings is 1. The number of hydrogen-bond donors (Lipinski definition) is 1. The Balaban J connectivity index is 2.81. The molecule has 0 fully saturated rings. The molecule has 0 spiro atoms. The summed E-state index contributed by atoms with van der Waals surface area (Å²) in [5, 5.41) is 0. The Bertz CT molecular complexity index is 240. The van der Waals surface area contributed by atoms with Crippen molar-refractivity contribution in [3.63, 3.8) is 0 Å². The summed E-state index contributed by atoms with van der Waals surface area (Å²) < 4.78 is 5.45. The second-order valence-corrected chi connectivity index (χ2v) is 2.74. The number of ether oxygens (including phenoxy) is 1. The molecule has 1 rings (SSSR count). The van der Waals surface area contributed by atoms with E-state index in [1.165, 1.54) is 0 Å². The minimum absolute atomic E-state index is 0.543. The summed E-state index contributed by atoms with van der Waals surface area (Å²) in [7, 11) is 0. The molecule has 1 aromatic heterocycles. The molecule has 12 heavy (non-hydrogen) atoms. The Labute approximate surface area is 72.6 Å². The van der Waals surface area contributed by atoms with E-state index >= 15 is 0 Å². The summed E-state index contributed by atoms with van der Waals surface area (Å²) in [6.45, 7) is 5.06. The van der Waals surface area contributed by atoms with E-state index in [1.807, 2.05) is 13.8 Å². The summed E-state index contributed by atoms with van der Waals surface area (Å²) in [5.41, 5.74) is 7.45. The Morgan fingerprint density at radius 1 is 1.33 bits per heavy atom. The van der Waals surface area contributed by atoms with Crippen LogP contribution in [0, 0.1) is 13.8 Å². The first-order chi connectivity index (χ1) is 5.75. The third-order valence-corrected chi connectivity index (χ3v) is 1.62. The molecule has 0 unspecified atom stereocenters. The van der Waals surface area contributed by atoms with Crippen LogP contribution in [0.3, 0.4) is 0 Å². The van der Waals surface area contributed by atoms with Gasteiger partial charge in [0.25, 0.3) is 0 Å². The number of nitrogens with zero attached hydrogens (tertiary/aromatic N) is 1. The maximum Gasteiger partial charge on any atom is 0.128 e. The molecule has 0 bridgehead atoms. The maximum atomic E-state index is 5.45. The SMILES string of the molecule is Cc1cncc(C)c1OCCN. The normalized spacial score (nSPS) is 9.92. The zero-order valence-corrected chi connectivity index (χ0v) is 7.50. The highest BCUT2D eigenvalue weighted by Gasteiger charge is 2.02. The van der Waals surface area contributed by atoms with Crippen LogP contribution in [-0.4, -0.2) is 18.1 Å². The summed E-state index contributed by atoms with van der Waals surface area (Å²) in [6, 6.07) is 0. The number of hydrogen-bond acceptors (Lipinski definition) is 3. The number of nitrogens with two attached hydrogens (primary N) is 1. The highest BCUT2D eigenvalue weighted by Crippen LogP contribution is 2.20. The largest absolute Gasteiger partial charge is 0.492 e. The fourth-order valence-corrected chi connectivity index (χ4v) is 1.08. The van der Waals surface area contributed by atoms with Crippen LogP contribution in [0.25, 0.3) is 0 Å². The lowest BCUT2D eigenvalue weighted by Gasteiger charge is -2.09. The van der Waals surface area contributed by atoms with Crippen molar-refractivity contribution in [2.24, 2.45) is 5.73 Å². The van der Waals surface area contributed by atoms with Gasteiger partial charge in [-0.15, -0.1) is 0 Å². The Morgan fingerprint density at radius 3 is 2.42 bits per heavy atom. The van der Waals surface area contributed by atoms with Crippen molar-refractivity contribution in [1.29, 1.82) is 0 Å². The fourth-order valence-electron chi connectivity index (χ4n) is 1.08. The van der Waals surface area contributed by atoms with Crippen molar-refractivity contribution in [2.75, 3.05) is 13.2 Å². The van der Waals surface area contributed by atoms with Gasteiger partial charge in [0.15, 0.2) is 0 Å². The molecule has 0 saturated carbocycles. The first-order valence-electron chi connectivity index (χ1n) is 3.99. The summed E-state index contributed by atoms with van der Waals surface area (Å²) in [5.74, 6) is 0.912. The van der Waals surface area contributed by atoms with Crippen LogP contribution in [0.1, 0.15) is 11.1 Å². The van der Waals surface area contributed by atoms with Crippen LogP contribution in [-0.2, 0) is 0 Å². The molecule has 3 heteroatoms. The zero-order valence-electron chi connectivity index (χ0n) is 7.50. The van der Waals surface area contributed by atoms with Crippen molar-refractivity contribution in [3.05, 3.63) is 23.5 Å². The van der Waals surface area contributed by atoms with Crippen LogP contribution in [0.15, 0.2) is 12.4 Å². The van der Waals surface area contributed by atoms with E-state index in [1.54, 1.807) is 12.4 Å². The van der Waals surface area contributed by atoms with Gasteiger partial charge in [0.05, 0.1) is 0 Å². The lowest BCUT2D eigenvalue weighted by molar-refractivity contribution is 0.323. The van der Waals surface area contributed by atoms with Gasteiger partial charge in [-0.2, -0.15) is 0 Å². The second kappa shape index (κ2) is 4.07. The number of rotatable bonds is 3. The molecule has 1 aromatic rings. The maximum absolute atomic E-state index is 5.45. The van der Waals surface area contributed by atoms with Crippen molar-refractivity contribution in [2.45, 2.75) is 13.8 Å². The monoisotopic (exact) mass is 166 g/mol. The van der Waals surface area contributed by atoms with Gasteiger partial charge in [0.1, 0.15) is 12.4 Å². The van der Waals surface area contributed by atoms with Gasteiger partial charge in [-0.3, -0.25) is 4.98 Å². The molecule has 3 nitrogen and oxygen atoms in total. The van der Waals surface area contributed by atoms with E-state index in [0.717, 1.165) is 16.9 Å². The topological polar surface area (TPSA) is 48.1 Å². The third-order valence-electron chi connectivity index (χ3n) is 1.62. The van der Waals surface area contributed by atoms with Crippen LogP contribution in [0.5, 0.6) is 5.75 Å². The lowest BCUT2D eigenvalue weighted by Crippen LogP contribution is -2.11. The fraction of sp³-hybridized carbons (Fsp3) is 0.444. The average Bonchev–Trinajstić information content (AvgIpc) is 2.04. The van der Waals surface area contributed by atoms with Gasteiger partial charge >= 0.3 is 0 Å². The molecule has 2 N–H and O–H groups in total. The van der Waals surface area contributed by atoms with Gasteiger partial charge in [0, 0.05) is 30.1 Å². The Morgan fingerprint density at radius 2 is 1.92 bits per heavy atom. The van der Waals surface area contributed by atoms with Crippen LogP contribution >= 0.6 is 0 Å². The van der Waals surface area contributed by atoms with E-state index < -0.39 is 0 Å². The molecule has 0 atom stereocenters. The smallest absolute Gasteiger partial charge is 0.128 e. The van der Waals surface area contributed by atoms with E-state index in [0.29, 0.717) is 13.2 Å². The molecule has 0 radical (unpaired) electrons. The first kappa shape index (κ1) is 9.00. The third kappa shape index (κ3) is 1.95. The van der Waals surface area contributed by atoms with Gasteiger partial charge in [-0.1, -0.05) is 0 Å². The van der Waals surface area contributed by atoms with Gasteiger partial charge in [0.2, 0.25) is 0 Å². The highest BCUT2D eigenvalue weighted by atomic mass is 16.5. The van der Waals surface area contributed by atoms with E-state index in [2.05, 4.69) is 4.98 Å². The summed E-state index contributed by atoms with van der Waals surface area (Å²) in [4.78, 5) is 4.04. The molecule has 0 saturated heterocycles. The van der Waals surface area contributed by atoms with Crippen LogP contribution < -0.4 is 10.5 Å². The molecular formula is C9H14N2O. The van der Waals surface area contributed by atoms with Gasteiger partial charge < -0.3 is 10.5 Å². The minimum atomic E-state index is 0.543. The van der Waals surface area contributed by atoms with Crippen LogP contribution in [0.2, 0.25) is 0 Å². The molecule has 66 valence electrons. The van der Waals surface area contributed by atoms with Crippen molar-refractivity contribution < 1.29 is 4.74 Å². The average molecular weight is 166 g/mol. The van der Waals surface area contributed by atoms with Crippen molar-refractivity contribution >= 4 is 0 Å². The predicted molar refractivity (Wildman–Crippen MR) is 48.3 cm³/mol. The lowest BCUT2D eigenvalue weighted by atomic mass is 10.2. The van der Waals surface area contributed by atoms with E-state index in [9.17, 15) is 0 Å². The Kier molecular flexibility index (Phi) is 3.05. The van der Waals surface area contributed by atoms with Crippen molar-refractivity contribution in [3.8, 4) is 5.75 Å². The van der Waals surface area contributed by atoms with Gasteiger partial charge in [-0.05, 0) is 13.8 Å². The standard InChI is InChI=1S/C9H14N2O/c1-7-5-11-6-8(2)9(7)12-4-3-10/h5-6H,3-4,10H2,1-2H3. The predicted octanol–water partition coefficient (Wildman–Crippen LogP) is 1.04. The molecule has 0 aliphatic heterocycles. The number of aromatic nitrogens is 1. The van der Waals surface area contributed by atoms with Gasteiger partial charge in [-0.25, -0.2) is 0 Å². The molecular weight excluding hydrogens is 152 g/mol. The Hall–Kier alpha value is -1.09. The second-order valence-electron chi connectivity index (χ2n) is 2.74. The summed E-state index contributed by atoms with van der Waals surface area (Å²) in [6.07, 6.45) is 3.58. The summed E-state index contributed by atoms with van der Waals surface area (Å²) >= 11 is 0. The zero-order chi connectivity index (χ0) is 8.97. The highest BCUT2D eigenvalue weighted by molar-refractivity contribution is 5.36. The molecule has 0 aliphatic rings. The van der Waals surface area contributed by atoms with E-state index in [4.69, 9.17) is 10.5 Å². The van der Waals surface area contributed by atoms with E-state index in [-0.39, 0.29) is 0 Å². The molecule has 0 amide bonds. The minimum Gasteiger partial charge on any atom is -0.492 e. The number of aryl methyl sites for hydroxylation is 2. The molecule has 0 aromatic carbocycles. The first-order valence-corrected chi connectivity index (χ1v) is 3.99. The molecule has 0 aliphatic carbocycles. The quantitative estimate of drug-likeness (QED) is 0.729. The van der Waals surface area contributed by atoms with Crippen LogP contribution in [0.4, 0.5) is 0 Å².